The molecular weight excluding hydrogens is 246 g/mol. The van der Waals surface area contributed by atoms with Crippen LogP contribution in [-0.4, -0.2) is 21.6 Å². The lowest BCUT2D eigenvalue weighted by Gasteiger charge is -2.31. The van der Waals surface area contributed by atoms with Crippen molar-refractivity contribution in [1.82, 2.24) is 15.5 Å². The highest BCUT2D eigenvalue weighted by atomic mass is 35.5. The van der Waals surface area contributed by atoms with E-state index in [9.17, 15) is 4.79 Å². The molecule has 0 aliphatic carbocycles. The lowest BCUT2D eigenvalue weighted by Crippen LogP contribution is -2.47. The van der Waals surface area contributed by atoms with Gasteiger partial charge in [-0.25, -0.2) is 0 Å². The minimum Gasteiger partial charge on any atom is -0.345 e. The summed E-state index contributed by atoms with van der Waals surface area (Å²) in [5, 5.41) is 10.7. The molecule has 0 saturated carbocycles. The van der Waals surface area contributed by atoms with E-state index in [1.165, 1.54) is 0 Å². The van der Waals surface area contributed by atoms with Gasteiger partial charge in [-0.05, 0) is 30.9 Å². The number of aromatic nitrogens is 2. The van der Waals surface area contributed by atoms with E-state index >= 15 is 0 Å². The molecule has 0 unspecified atom stereocenters. The van der Waals surface area contributed by atoms with Gasteiger partial charge in [0.05, 0.1) is 0 Å². The highest BCUT2D eigenvalue weighted by Gasteiger charge is 2.27. The minimum absolute atomic E-state index is 0.144. The summed E-state index contributed by atoms with van der Waals surface area (Å²) in [4.78, 5) is 11.9. The molecule has 1 heterocycles. The fourth-order valence-electron chi connectivity index (χ4n) is 1.61. The molecule has 4 nitrogen and oxygen atoms in total. The van der Waals surface area contributed by atoms with Gasteiger partial charge >= 0.3 is 0 Å². The Labute approximate surface area is 104 Å². The van der Waals surface area contributed by atoms with Crippen LogP contribution in [0.3, 0.4) is 0 Å². The summed E-state index contributed by atoms with van der Waals surface area (Å²) >= 11 is 6.74. The van der Waals surface area contributed by atoms with Gasteiger partial charge in [-0.15, -0.1) is 10.2 Å². The molecule has 90 valence electrons. The van der Waals surface area contributed by atoms with E-state index in [0.29, 0.717) is 9.47 Å². The van der Waals surface area contributed by atoms with E-state index in [1.54, 1.807) is 0 Å². The molecule has 0 bridgehead atoms. The van der Waals surface area contributed by atoms with Gasteiger partial charge < -0.3 is 5.32 Å². The predicted molar refractivity (Wildman–Crippen MR) is 66.0 cm³/mol. The normalized spacial score (nSPS) is 11.5. The average Bonchev–Trinajstić information content (AvgIpc) is 2.73. The number of hydrogen-bond acceptors (Lipinski definition) is 4. The second-order valence-electron chi connectivity index (χ2n) is 3.66. The monoisotopic (exact) mass is 261 g/mol. The Bertz CT molecular complexity index is 354. The summed E-state index contributed by atoms with van der Waals surface area (Å²) in [6.45, 7) is 6.21. The van der Waals surface area contributed by atoms with Gasteiger partial charge in [0, 0.05) is 5.54 Å². The van der Waals surface area contributed by atoms with Crippen molar-refractivity contribution in [2.75, 3.05) is 0 Å². The maximum atomic E-state index is 11.9. The number of carbonyl (C=O) groups is 1. The molecule has 1 amide bonds. The van der Waals surface area contributed by atoms with E-state index < -0.39 is 0 Å². The molecular formula is C10H16ClN3OS. The zero-order chi connectivity index (χ0) is 12.2. The van der Waals surface area contributed by atoms with Crippen molar-refractivity contribution in [2.45, 2.75) is 45.6 Å². The van der Waals surface area contributed by atoms with Gasteiger partial charge in [0.25, 0.3) is 5.91 Å². The third kappa shape index (κ3) is 2.92. The first kappa shape index (κ1) is 13.4. The van der Waals surface area contributed by atoms with Crippen molar-refractivity contribution in [1.29, 1.82) is 0 Å². The van der Waals surface area contributed by atoms with Gasteiger partial charge in [-0.1, -0.05) is 32.1 Å². The van der Waals surface area contributed by atoms with Crippen LogP contribution in [0.15, 0.2) is 0 Å². The summed E-state index contributed by atoms with van der Waals surface area (Å²) in [5.74, 6) is -0.185. The van der Waals surface area contributed by atoms with E-state index in [1.807, 2.05) is 0 Å². The van der Waals surface area contributed by atoms with Crippen molar-refractivity contribution in [3.63, 3.8) is 0 Å². The largest absolute Gasteiger partial charge is 0.345 e. The molecule has 0 spiro atoms. The Morgan fingerprint density at radius 2 is 1.88 bits per heavy atom. The first-order chi connectivity index (χ1) is 7.56. The molecule has 0 fully saturated rings. The van der Waals surface area contributed by atoms with E-state index in [4.69, 9.17) is 11.6 Å². The predicted octanol–water partition coefficient (Wildman–Crippen LogP) is 2.89. The van der Waals surface area contributed by atoms with Crippen molar-refractivity contribution < 1.29 is 4.79 Å². The smallest absolute Gasteiger partial charge is 0.282 e. The Kier molecular flexibility index (Phi) is 4.68. The van der Waals surface area contributed by atoms with Gasteiger partial charge in [0.1, 0.15) is 0 Å². The maximum Gasteiger partial charge on any atom is 0.282 e. The summed E-state index contributed by atoms with van der Waals surface area (Å²) in [7, 11) is 0. The third-order valence-corrected chi connectivity index (χ3v) is 4.02. The van der Waals surface area contributed by atoms with Crippen LogP contribution >= 0.6 is 22.9 Å². The highest BCUT2D eigenvalue weighted by molar-refractivity contribution is 7.17. The molecule has 0 radical (unpaired) electrons. The molecule has 1 rings (SSSR count). The lowest BCUT2D eigenvalue weighted by atomic mass is 9.90. The van der Waals surface area contributed by atoms with Crippen molar-refractivity contribution >= 4 is 28.8 Å². The zero-order valence-electron chi connectivity index (χ0n) is 9.71. The topological polar surface area (TPSA) is 54.9 Å². The fourth-order valence-corrected chi connectivity index (χ4v) is 2.33. The molecule has 1 N–H and O–H groups in total. The van der Waals surface area contributed by atoms with Crippen LogP contribution in [0.5, 0.6) is 0 Å². The van der Waals surface area contributed by atoms with Crippen LogP contribution in [0.25, 0.3) is 0 Å². The van der Waals surface area contributed by atoms with Gasteiger partial charge in [-0.3, -0.25) is 4.79 Å². The molecule has 0 aliphatic heterocycles. The first-order valence-corrected chi connectivity index (χ1v) is 6.58. The number of rotatable bonds is 5. The molecule has 1 aromatic rings. The molecule has 0 saturated heterocycles. The third-order valence-electron chi connectivity index (χ3n) is 3.00. The number of nitrogens with one attached hydrogen (secondary N) is 1. The molecule has 0 aromatic carbocycles. The minimum atomic E-state index is -0.185. The van der Waals surface area contributed by atoms with Crippen molar-refractivity contribution in [2.24, 2.45) is 0 Å². The molecule has 0 aliphatic rings. The van der Waals surface area contributed by atoms with Crippen LogP contribution in [-0.2, 0) is 0 Å². The summed E-state index contributed by atoms with van der Waals surface area (Å²) in [5.41, 5.74) is -0.144. The first-order valence-electron chi connectivity index (χ1n) is 5.38. The van der Waals surface area contributed by atoms with E-state index in [2.05, 4.69) is 36.3 Å². The van der Waals surface area contributed by atoms with E-state index in [0.717, 1.165) is 30.6 Å². The van der Waals surface area contributed by atoms with Gasteiger partial charge in [0.2, 0.25) is 9.47 Å². The number of nitrogens with zero attached hydrogens (tertiary/aromatic N) is 2. The number of halogens is 1. The molecule has 0 atom stereocenters. The summed E-state index contributed by atoms with van der Waals surface area (Å²) in [6, 6.07) is 0. The Hall–Kier alpha value is -0.680. The van der Waals surface area contributed by atoms with Crippen LogP contribution in [0.2, 0.25) is 4.47 Å². The van der Waals surface area contributed by atoms with Gasteiger partial charge in [0.15, 0.2) is 0 Å². The molecule has 1 aromatic heterocycles. The van der Waals surface area contributed by atoms with E-state index in [-0.39, 0.29) is 11.4 Å². The van der Waals surface area contributed by atoms with Crippen molar-refractivity contribution in [3.05, 3.63) is 9.47 Å². The van der Waals surface area contributed by atoms with Crippen molar-refractivity contribution in [3.8, 4) is 0 Å². The molecule has 6 heteroatoms. The standard InChI is InChI=1S/C10H16ClN3OS/c1-4-10(5-2,6-3)12-7(15)8-13-14-9(11)16-8/h4-6H2,1-3H3,(H,12,15). The van der Waals surface area contributed by atoms with Crippen LogP contribution in [0.4, 0.5) is 0 Å². The maximum absolute atomic E-state index is 11.9. The summed E-state index contributed by atoms with van der Waals surface area (Å²) < 4.78 is 0.292. The fraction of sp³-hybridized carbons (Fsp3) is 0.700. The second-order valence-corrected chi connectivity index (χ2v) is 5.21. The number of amides is 1. The lowest BCUT2D eigenvalue weighted by molar-refractivity contribution is 0.0887. The second kappa shape index (κ2) is 5.59. The number of carbonyl (C=O) groups excluding carboxylic acids is 1. The SMILES string of the molecule is CCC(CC)(CC)NC(=O)c1nnc(Cl)s1. The Morgan fingerprint density at radius 1 is 1.31 bits per heavy atom. The van der Waals surface area contributed by atoms with Crippen LogP contribution in [0.1, 0.15) is 49.8 Å². The van der Waals surface area contributed by atoms with Gasteiger partial charge in [-0.2, -0.15) is 0 Å². The quantitative estimate of drug-likeness (QED) is 0.887. The zero-order valence-corrected chi connectivity index (χ0v) is 11.3. The van der Waals surface area contributed by atoms with Crippen LogP contribution in [0, 0.1) is 0 Å². The summed E-state index contributed by atoms with van der Waals surface area (Å²) in [6.07, 6.45) is 2.70. The highest BCUT2D eigenvalue weighted by Crippen LogP contribution is 2.21. The Balaban J connectivity index is 2.76. The Morgan fingerprint density at radius 3 is 2.25 bits per heavy atom. The molecule has 16 heavy (non-hydrogen) atoms. The van der Waals surface area contributed by atoms with Crippen LogP contribution < -0.4 is 5.32 Å². The number of hydrogen-bond donors (Lipinski definition) is 1. The average molecular weight is 262 g/mol.